The first-order valence-corrected chi connectivity index (χ1v) is 20.4. The Balaban J connectivity index is 1.16. The normalized spacial score (nSPS) is 13.2. The summed E-state index contributed by atoms with van der Waals surface area (Å²) in [5.41, 5.74) is 17.4. The Labute approximate surface area is 341 Å². The monoisotopic (exact) mass is 749 g/mol. The molecule has 2 aliphatic carbocycles. The van der Waals surface area contributed by atoms with Crippen LogP contribution in [0.4, 0.5) is 17.1 Å². The molecule has 0 amide bonds. The highest BCUT2D eigenvalue weighted by atomic mass is 16.3. The van der Waals surface area contributed by atoms with E-state index in [4.69, 9.17) is 4.42 Å². The van der Waals surface area contributed by atoms with Crippen molar-refractivity contribution in [3.05, 3.63) is 235 Å². The minimum Gasteiger partial charge on any atom is -0.456 e. The van der Waals surface area contributed by atoms with Gasteiger partial charge in [-0.3, -0.25) is 0 Å². The van der Waals surface area contributed by atoms with E-state index in [9.17, 15) is 0 Å². The standard InChI is InChI=1S/C57H35NO/c1-2-17-37(18-3-1)58(38-30-31-45-44-24-10-14-28-50(44)57(51(45)35-38)48-26-12-8-22-42(48)43-23-9-13-27-49(43)57)52-32-33-54-56(46-25-11-15-29-53(46)59-54)55(52)47-34-36-16-4-5-19-39(36)40-20-6-7-21-41(40)47/h1-35H. The van der Waals surface area contributed by atoms with Gasteiger partial charge in [0.05, 0.1) is 11.1 Å². The number of benzene rings is 10. The summed E-state index contributed by atoms with van der Waals surface area (Å²) in [4.78, 5) is 2.48. The van der Waals surface area contributed by atoms with Crippen molar-refractivity contribution in [2.24, 2.45) is 0 Å². The van der Waals surface area contributed by atoms with Gasteiger partial charge >= 0.3 is 0 Å². The highest BCUT2D eigenvalue weighted by molar-refractivity contribution is 6.22. The summed E-state index contributed by atoms with van der Waals surface area (Å²) in [7, 11) is 0. The van der Waals surface area contributed by atoms with Gasteiger partial charge in [-0.1, -0.05) is 164 Å². The number of para-hydroxylation sites is 2. The van der Waals surface area contributed by atoms with E-state index in [-0.39, 0.29) is 0 Å². The molecule has 13 rings (SSSR count). The molecule has 1 heterocycles. The maximum absolute atomic E-state index is 6.67. The maximum atomic E-state index is 6.67. The topological polar surface area (TPSA) is 16.4 Å². The number of rotatable bonds is 4. The number of fused-ring (bicyclic) bond motifs is 16. The van der Waals surface area contributed by atoms with E-state index in [1.807, 2.05) is 0 Å². The Morgan fingerprint density at radius 2 is 0.898 bits per heavy atom. The molecule has 11 aromatic rings. The van der Waals surface area contributed by atoms with Gasteiger partial charge in [0.15, 0.2) is 0 Å². The summed E-state index contributed by atoms with van der Waals surface area (Å²) in [5.74, 6) is 0. The van der Waals surface area contributed by atoms with Crippen molar-refractivity contribution in [2.75, 3.05) is 4.90 Å². The lowest BCUT2D eigenvalue weighted by Crippen LogP contribution is -2.26. The molecule has 274 valence electrons. The molecule has 59 heavy (non-hydrogen) atoms. The SMILES string of the molecule is c1ccc(N(c2ccc3c(c2)C2(c4ccccc4-c4ccccc42)c2ccccc2-3)c2ccc3oc4ccccc4c3c2-c2cc3ccccc3c3ccccc23)cc1. The van der Waals surface area contributed by atoms with Crippen LogP contribution in [0.3, 0.4) is 0 Å². The molecule has 0 saturated carbocycles. The first-order chi connectivity index (χ1) is 29.3. The van der Waals surface area contributed by atoms with Gasteiger partial charge in [-0.25, -0.2) is 0 Å². The van der Waals surface area contributed by atoms with Gasteiger partial charge in [0.2, 0.25) is 0 Å². The summed E-state index contributed by atoms with van der Waals surface area (Å²) >= 11 is 0. The van der Waals surface area contributed by atoms with Crippen molar-refractivity contribution in [2.45, 2.75) is 5.41 Å². The van der Waals surface area contributed by atoms with Crippen LogP contribution >= 0.6 is 0 Å². The molecular weight excluding hydrogens is 715 g/mol. The first-order valence-electron chi connectivity index (χ1n) is 20.4. The zero-order valence-electron chi connectivity index (χ0n) is 32.1. The van der Waals surface area contributed by atoms with E-state index >= 15 is 0 Å². The van der Waals surface area contributed by atoms with Gasteiger partial charge in [-0.05, 0) is 120 Å². The van der Waals surface area contributed by atoms with Crippen LogP contribution in [0, 0.1) is 0 Å². The van der Waals surface area contributed by atoms with Crippen LogP contribution in [-0.2, 0) is 5.41 Å². The predicted octanol–water partition coefficient (Wildman–Crippen LogP) is 15.4. The molecule has 10 aromatic carbocycles. The molecule has 0 saturated heterocycles. The molecule has 2 aliphatic rings. The van der Waals surface area contributed by atoms with Crippen molar-refractivity contribution < 1.29 is 4.42 Å². The number of furan rings is 1. The van der Waals surface area contributed by atoms with Gasteiger partial charge in [-0.2, -0.15) is 0 Å². The molecule has 0 bridgehead atoms. The second kappa shape index (κ2) is 12.2. The number of hydrogen-bond donors (Lipinski definition) is 0. The third-order valence-electron chi connectivity index (χ3n) is 13.1. The Morgan fingerprint density at radius 1 is 0.339 bits per heavy atom. The summed E-state index contributed by atoms with van der Waals surface area (Å²) in [6, 6.07) is 78.1. The molecule has 1 spiro atoms. The fourth-order valence-corrected chi connectivity index (χ4v) is 10.8. The fourth-order valence-electron chi connectivity index (χ4n) is 10.8. The Hall–Kier alpha value is -7.68. The van der Waals surface area contributed by atoms with Gasteiger partial charge in [0.25, 0.3) is 0 Å². The third kappa shape index (κ3) is 4.35. The van der Waals surface area contributed by atoms with E-state index in [1.54, 1.807) is 0 Å². The molecule has 0 N–H and O–H groups in total. The van der Waals surface area contributed by atoms with Crippen LogP contribution in [0.25, 0.3) is 76.9 Å². The van der Waals surface area contributed by atoms with E-state index in [0.717, 1.165) is 44.6 Å². The fraction of sp³-hybridized carbons (Fsp3) is 0.0175. The molecule has 0 aliphatic heterocycles. The van der Waals surface area contributed by atoms with E-state index in [0.29, 0.717) is 0 Å². The Kier molecular flexibility index (Phi) is 6.68. The zero-order valence-corrected chi connectivity index (χ0v) is 32.1. The van der Waals surface area contributed by atoms with Crippen LogP contribution in [0.1, 0.15) is 22.3 Å². The average Bonchev–Trinajstić information content (AvgIpc) is 3.93. The van der Waals surface area contributed by atoms with Crippen LogP contribution in [0.2, 0.25) is 0 Å². The Bertz CT molecular complexity index is 3460. The smallest absolute Gasteiger partial charge is 0.136 e. The molecule has 0 fully saturated rings. The van der Waals surface area contributed by atoms with Gasteiger partial charge in [0, 0.05) is 27.7 Å². The minimum absolute atomic E-state index is 0.459. The average molecular weight is 750 g/mol. The molecule has 1 aromatic heterocycles. The van der Waals surface area contributed by atoms with E-state index in [1.165, 1.54) is 71.6 Å². The minimum atomic E-state index is -0.459. The lowest BCUT2D eigenvalue weighted by atomic mass is 9.70. The predicted molar refractivity (Wildman–Crippen MR) is 245 cm³/mol. The lowest BCUT2D eigenvalue weighted by Gasteiger charge is -2.33. The van der Waals surface area contributed by atoms with Crippen molar-refractivity contribution in [1.29, 1.82) is 0 Å². The third-order valence-corrected chi connectivity index (χ3v) is 13.1. The summed E-state index contributed by atoms with van der Waals surface area (Å²) in [6.07, 6.45) is 0. The van der Waals surface area contributed by atoms with Crippen LogP contribution < -0.4 is 4.90 Å². The van der Waals surface area contributed by atoms with Gasteiger partial charge in [0.1, 0.15) is 11.2 Å². The molecule has 2 heteroatoms. The number of nitrogens with zero attached hydrogens (tertiary/aromatic N) is 1. The summed E-state index contributed by atoms with van der Waals surface area (Å²) in [6.45, 7) is 0. The molecule has 0 radical (unpaired) electrons. The lowest BCUT2D eigenvalue weighted by molar-refractivity contribution is 0.669. The van der Waals surface area contributed by atoms with E-state index in [2.05, 4.69) is 217 Å². The van der Waals surface area contributed by atoms with Crippen LogP contribution in [-0.4, -0.2) is 0 Å². The maximum Gasteiger partial charge on any atom is 0.136 e. The van der Waals surface area contributed by atoms with Gasteiger partial charge < -0.3 is 9.32 Å². The largest absolute Gasteiger partial charge is 0.456 e. The Morgan fingerprint density at radius 3 is 1.61 bits per heavy atom. The van der Waals surface area contributed by atoms with Crippen LogP contribution in [0.5, 0.6) is 0 Å². The number of anilines is 3. The quantitative estimate of drug-likeness (QED) is 0.167. The number of hydrogen-bond acceptors (Lipinski definition) is 2. The molecular formula is C57H35NO. The molecule has 0 unspecified atom stereocenters. The first kappa shape index (κ1) is 32.4. The van der Waals surface area contributed by atoms with Gasteiger partial charge in [-0.15, -0.1) is 0 Å². The highest BCUT2D eigenvalue weighted by Gasteiger charge is 2.51. The van der Waals surface area contributed by atoms with Crippen molar-refractivity contribution in [1.82, 2.24) is 0 Å². The van der Waals surface area contributed by atoms with E-state index < -0.39 is 5.41 Å². The second-order valence-electron chi connectivity index (χ2n) is 15.9. The summed E-state index contributed by atoms with van der Waals surface area (Å²) in [5, 5.41) is 7.12. The zero-order chi connectivity index (χ0) is 38.7. The van der Waals surface area contributed by atoms with Crippen molar-refractivity contribution in [3.63, 3.8) is 0 Å². The van der Waals surface area contributed by atoms with Crippen LogP contribution in [0.15, 0.2) is 217 Å². The highest BCUT2D eigenvalue weighted by Crippen LogP contribution is 2.63. The molecule has 2 nitrogen and oxygen atoms in total. The second-order valence-corrected chi connectivity index (χ2v) is 15.9. The molecule has 0 atom stereocenters. The van der Waals surface area contributed by atoms with Crippen molar-refractivity contribution in [3.8, 4) is 33.4 Å². The van der Waals surface area contributed by atoms with Crippen molar-refractivity contribution >= 4 is 60.5 Å². The summed E-state index contributed by atoms with van der Waals surface area (Å²) < 4.78 is 6.67.